The van der Waals surface area contributed by atoms with E-state index < -0.39 is 4.92 Å². The van der Waals surface area contributed by atoms with E-state index in [0.29, 0.717) is 13.1 Å². The number of nitro groups is 1. The van der Waals surface area contributed by atoms with E-state index in [0.717, 1.165) is 0 Å². The monoisotopic (exact) mass is 294 g/mol. The number of carbonyl (C=O) groups excluding carboxylic acids is 2. The van der Waals surface area contributed by atoms with E-state index in [-0.39, 0.29) is 35.3 Å². The summed E-state index contributed by atoms with van der Waals surface area (Å²) in [6.45, 7) is 4.38. The Morgan fingerprint density at radius 3 is 2.43 bits per heavy atom. The van der Waals surface area contributed by atoms with E-state index in [1.807, 2.05) is 0 Å². The van der Waals surface area contributed by atoms with Crippen LogP contribution >= 0.6 is 0 Å². The number of carbonyl (C=O) groups is 2. The van der Waals surface area contributed by atoms with Gasteiger partial charge in [0.25, 0.3) is 11.6 Å². The van der Waals surface area contributed by atoms with Crippen molar-refractivity contribution in [3.8, 4) is 0 Å². The number of hydrogen-bond donors (Lipinski definition) is 3. The quantitative estimate of drug-likeness (QED) is 0.510. The van der Waals surface area contributed by atoms with Crippen LogP contribution in [-0.4, -0.2) is 36.4 Å². The smallest absolute Gasteiger partial charge is 0.293 e. The molecular formula is C13H18N4O4. The summed E-state index contributed by atoms with van der Waals surface area (Å²) in [5.41, 5.74) is 0.148. The molecule has 0 unspecified atom stereocenters. The maximum Gasteiger partial charge on any atom is 0.293 e. The van der Waals surface area contributed by atoms with E-state index in [1.54, 1.807) is 13.8 Å². The van der Waals surface area contributed by atoms with Crippen molar-refractivity contribution >= 4 is 23.2 Å². The minimum atomic E-state index is -0.594. The largest absolute Gasteiger partial charge is 0.371 e. The molecule has 8 heteroatoms. The van der Waals surface area contributed by atoms with Crippen molar-refractivity contribution in [3.63, 3.8) is 0 Å². The maximum atomic E-state index is 11.7. The first-order valence-electron chi connectivity index (χ1n) is 6.56. The fourth-order valence-corrected chi connectivity index (χ4v) is 1.67. The Balaban J connectivity index is 2.92. The van der Waals surface area contributed by atoms with E-state index in [4.69, 9.17) is 0 Å². The average Bonchev–Trinajstić information content (AvgIpc) is 2.45. The molecule has 0 saturated carbocycles. The average molecular weight is 294 g/mol. The number of nitrogens with one attached hydrogen (secondary N) is 3. The van der Waals surface area contributed by atoms with Gasteiger partial charge in [0.05, 0.1) is 11.5 Å². The third-order valence-corrected chi connectivity index (χ3v) is 2.61. The molecule has 0 fully saturated rings. The molecule has 8 nitrogen and oxygen atoms in total. The van der Waals surface area contributed by atoms with Gasteiger partial charge in [0.1, 0.15) is 5.69 Å². The van der Waals surface area contributed by atoms with E-state index >= 15 is 0 Å². The number of rotatable bonds is 7. The van der Waals surface area contributed by atoms with Crippen LogP contribution in [-0.2, 0) is 4.79 Å². The molecule has 0 bridgehead atoms. The standard InChI is InChI=1S/C13H18N4O4/c1-3-14-12(18)8-16-10-6-5-9(13(19)15-4-2)7-11(10)17(20)21/h5-7,16H,3-4,8H2,1-2H3,(H,14,18)(H,15,19). The molecule has 1 rings (SSSR count). The molecule has 0 atom stereocenters. The molecule has 0 heterocycles. The lowest BCUT2D eigenvalue weighted by atomic mass is 10.1. The molecule has 0 spiro atoms. The summed E-state index contributed by atoms with van der Waals surface area (Å²) in [7, 11) is 0. The molecule has 0 aliphatic heterocycles. The number of anilines is 1. The van der Waals surface area contributed by atoms with Crippen molar-refractivity contribution in [1.29, 1.82) is 0 Å². The molecule has 1 aromatic carbocycles. The van der Waals surface area contributed by atoms with Gasteiger partial charge in [-0.05, 0) is 26.0 Å². The van der Waals surface area contributed by atoms with E-state index in [1.165, 1.54) is 18.2 Å². The van der Waals surface area contributed by atoms with Gasteiger partial charge in [0.2, 0.25) is 5.91 Å². The molecule has 0 aromatic heterocycles. The number of likely N-dealkylation sites (N-methyl/N-ethyl adjacent to an activating group) is 1. The van der Waals surface area contributed by atoms with Gasteiger partial charge in [0.15, 0.2) is 0 Å². The third-order valence-electron chi connectivity index (χ3n) is 2.61. The number of benzene rings is 1. The first kappa shape index (κ1) is 16.4. The van der Waals surface area contributed by atoms with Crippen LogP contribution in [0.25, 0.3) is 0 Å². The molecule has 0 aliphatic rings. The maximum absolute atomic E-state index is 11.7. The summed E-state index contributed by atoms with van der Waals surface area (Å²) in [4.78, 5) is 33.5. The van der Waals surface area contributed by atoms with Gasteiger partial charge >= 0.3 is 0 Å². The minimum Gasteiger partial charge on any atom is -0.371 e. The fourth-order valence-electron chi connectivity index (χ4n) is 1.67. The van der Waals surface area contributed by atoms with E-state index in [9.17, 15) is 19.7 Å². The molecule has 0 aliphatic carbocycles. The van der Waals surface area contributed by atoms with E-state index in [2.05, 4.69) is 16.0 Å². The summed E-state index contributed by atoms with van der Waals surface area (Å²) in [6, 6.07) is 4.07. The van der Waals surface area contributed by atoms with Crippen LogP contribution in [0.5, 0.6) is 0 Å². The number of hydrogen-bond acceptors (Lipinski definition) is 5. The molecule has 21 heavy (non-hydrogen) atoms. The van der Waals surface area contributed by atoms with Crippen molar-refractivity contribution in [2.75, 3.05) is 25.0 Å². The molecule has 3 N–H and O–H groups in total. The zero-order valence-electron chi connectivity index (χ0n) is 11.9. The lowest BCUT2D eigenvalue weighted by Gasteiger charge is -2.08. The molecule has 1 aromatic rings. The fraction of sp³-hybridized carbons (Fsp3) is 0.385. The normalized spacial score (nSPS) is 9.81. The lowest BCUT2D eigenvalue weighted by molar-refractivity contribution is -0.384. The predicted octanol–water partition coefficient (Wildman–Crippen LogP) is 0.892. The number of nitro benzene ring substituents is 1. The van der Waals surface area contributed by atoms with Gasteiger partial charge in [-0.15, -0.1) is 0 Å². The Morgan fingerprint density at radius 2 is 1.86 bits per heavy atom. The SMILES string of the molecule is CCNC(=O)CNc1ccc(C(=O)NCC)cc1[N+](=O)[O-]. The minimum absolute atomic E-state index is 0.0742. The second-order valence-electron chi connectivity index (χ2n) is 4.16. The highest BCUT2D eigenvalue weighted by molar-refractivity contribution is 5.95. The highest BCUT2D eigenvalue weighted by Crippen LogP contribution is 2.25. The second kappa shape index (κ2) is 7.83. The Hall–Kier alpha value is -2.64. The van der Waals surface area contributed by atoms with Gasteiger partial charge in [-0.2, -0.15) is 0 Å². The van der Waals surface area contributed by atoms with Crippen molar-refractivity contribution in [2.24, 2.45) is 0 Å². The predicted molar refractivity (Wildman–Crippen MR) is 78.3 cm³/mol. The van der Waals surface area contributed by atoms with Gasteiger partial charge in [-0.3, -0.25) is 19.7 Å². The van der Waals surface area contributed by atoms with Gasteiger partial charge in [-0.1, -0.05) is 0 Å². The van der Waals surface area contributed by atoms with Crippen LogP contribution in [0.3, 0.4) is 0 Å². The van der Waals surface area contributed by atoms with Crippen molar-refractivity contribution in [1.82, 2.24) is 10.6 Å². The Morgan fingerprint density at radius 1 is 1.19 bits per heavy atom. The topological polar surface area (TPSA) is 113 Å². The molecular weight excluding hydrogens is 276 g/mol. The molecule has 0 saturated heterocycles. The van der Waals surface area contributed by atoms with Crippen LogP contribution in [0.1, 0.15) is 24.2 Å². The highest BCUT2D eigenvalue weighted by Gasteiger charge is 2.17. The number of nitrogens with zero attached hydrogens (tertiary/aromatic N) is 1. The van der Waals surface area contributed by atoms with Gasteiger partial charge in [0, 0.05) is 24.7 Å². The Kier molecular flexibility index (Phi) is 6.12. The van der Waals surface area contributed by atoms with Crippen molar-refractivity contribution in [3.05, 3.63) is 33.9 Å². The third kappa shape index (κ3) is 4.75. The summed E-state index contributed by atoms with van der Waals surface area (Å²) >= 11 is 0. The summed E-state index contributed by atoms with van der Waals surface area (Å²) in [5, 5.41) is 18.9. The van der Waals surface area contributed by atoms with Crippen LogP contribution in [0, 0.1) is 10.1 Å². The molecule has 0 radical (unpaired) electrons. The summed E-state index contributed by atoms with van der Waals surface area (Å²) in [5.74, 6) is -0.643. The summed E-state index contributed by atoms with van der Waals surface area (Å²) < 4.78 is 0. The number of amides is 2. The highest BCUT2D eigenvalue weighted by atomic mass is 16.6. The lowest BCUT2D eigenvalue weighted by Crippen LogP contribution is -2.29. The van der Waals surface area contributed by atoms with Crippen LogP contribution in [0.4, 0.5) is 11.4 Å². The first-order valence-corrected chi connectivity index (χ1v) is 6.56. The van der Waals surface area contributed by atoms with Gasteiger partial charge in [-0.25, -0.2) is 0 Å². The molecule has 2 amide bonds. The zero-order valence-corrected chi connectivity index (χ0v) is 11.9. The second-order valence-corrected chi connectivity index (χ2v) is 4.16. The zero-order chi connectivity index (χ0) is 15.8. The van der Waals surface area contributed by atoms with Crippen LogP contribution < -0.4 is 16.0 Å². The van der Waals surface area contributed by atoms with Gasteiger partial charge < -0.3 is 16.0 Å². The Labute approximate surface area is 122 Å². The Bertz CT molecular complexity index is 545. The van der Waals surface area contributed by atoms with Crippen LogP contribution in [0.15, 0.2) is 18.2 Å². The van der Waals surface area contributed by atoms with Crippen molar-refractivity contribution in [2.45, 2.75) is 13.8 Å². The summed E-state index contributed by atoms with van der Waals surface area (Å²) in [6.07, 6.45) is 0. The van der Waals surface area contributed by atoms with Crippen molar-refractivity contribution < 1.29 is 14.5 Å². The molecule has 114 valence electrons. The first-order chi connectivity index (χ1) is 9.99. The van der Waals surface area contributed by atoms with Crippen LogP contribution in [0.2, 0.25) is 0 Å².